The van der Waals surface area contributed by atoms with E-state index in [9.17, 15) is 4.79 Å². The number of amides is 1. The van der Waals surface area contributed by atoms with Crippen molar-refractivity contribution in [1.29, 1.82) is 0 Å². The summed E-state index contributed by atoms with van der Waals surface area (Å²) in [5.41, 5.74) is 2.42. The van der Waals surface area contributed by atoms with Gasteiger partial charge >= 0.3 is 0 Å². The topological polar surface area (TPSA) is 49.3 Å². The molecule has 2 N–H and O–H groups in total. The van der Waals surface area contributed by atoms with E-state index in [2.05, 4.69) is 50.4 Å². The van der Waals surface area contributed by atoms with Crippen LogP contribution in [0.15, 0.2) is 24.3 Å². The second kappa shape index (κ2) is 7.95. The number of carbonyl (C=O) groups excluding carboxylic acids is 1. The Hall–Kier alpha value is -1.35. The molecule has 1 unspecified atom stereocenters. The van der Waals surface area contributed by atoms with Gasteiger partial charge in [-0.2, -0.15) is 0 Å². The summed E-state index contributed by atoms with van der Waals surface area (Å²) < 4.78 is 0. The van der Waals surface area contributed by atoms with Crippen LogP contribution in [-0.2, 0) is 11.2 Å². The first-order valence-corrected chi connectivity index (χ1v) is 6.98. The molecule has 0 bridgehead atoms. The van der Waals surface area contributed by atoms with E-state index >= 15 is 0 Å². The van der Waals surface area contributed by atoms with Crippen LogP contribution in [0, 0.1) is 12.8 Å². The minimum Gasteiger partial charge on any atom is -0.396 e. The Morgan fingerprint density at radius 3 is 2.42 bits per heavy atom. The number of hydrogen-bond acceptors (Lipinski definition) is 2. The van der Waals surface area contributed by atoms with Crippen LogP contribution >= 0.6 is 0 Å². The second-order valence-corrected chi connectivity index (χ2v) is 5.42. The molecule has 0 radical (unpaired) electrons. The summed E-state index contributed by atoms with van der Waals surface area (Å²) in [4.78, 5) is 11.9. The maximum Gasteiger partial charge on any atom is 0.220 e. The molecule has 19 heavy (non-hydrogen) atoms. The zero-order chi connectivity index (χ0) is 14.3. The molecule has 1 atom stereocenters. The van der Waals surface area contributed by atoms with Crippen LogP contribution in [0.25, 0.3) is 0 Å². The third-order valence-corrected chi connectivity index (χ3v) is 3.35. The molecule has 0 fully saturated rings. The van der Waals surface area contributed by atoms with E-state index < -0.39 is 0 Å². The molecule has 0 aliphatic rings. The summed E-state index contributed by atoms with van der Waals surface area (Å²) in [6.07, 6.45) is 1.88. The SMILES string of the molecule is Cc1ccc(CCC(=O)NC(CCO)C(C)C)cc1. The fraction of sp³-hybridized carbons (Fsp3) is 0.562. The van der Waals surface area contributed by atoms with Gasteiger partial charge < -0.3 is 10.4 Å². The Morgan fingerprint density at radius 2 is 1.89 bits per heavy atom. The van der Waals surface area contributed by atoms with Crippen molar-refractivity contribution >= 4 is 5.91 Å². The quantitative estimate of drug-likeness (QED) is 0.794. The summed E-state index contributed by atoms with van der Waals surface area (Å²) in [6.45, 7) is 6.28. The van der Waals surface area contributed by atoms with E-state index in [1.54, 1.807) is 0 Å². The number of aliphatic hydroxyl groups excluding tert-OH is 1. The fourth-order valence-electron chi connectivity index (χ4n) is 2.00. The zero-order valence-corrected chi connectivity index (χ0v) is 12.1. The van der Waals surface area contributed by atoms with Crippen LogP contribution in [0.4, 0.5) is 0 Å². The fourth-order valence-corrected chi connectivity index (χ4v) is 2.00. The van der Waals surface area contributed by atoms with Crippen LogP contribution in [0.1, 0.15) is 37.8 Å². The molecule has 0 heterocycles. The van der Waals surface area contributed by atoms with Gasteiger partial charge in [0.25, 0.3) is 0 Å². The lowest BCUT2D eigenvalue weighted by molar-refractivity contribution is -0.122. The van der Waals surface area contributed by atoms with Gasteiger partial charge in [0, 0.05) is 19.1 Å². The Morgan fingerprint density at radius 1 is 1.26 bits per heavy atom. The average molecular weight is 263 g/mol. The molecule has 106 valence electrons. The standard InChI is InChI=1S/C16H25NO2/c1-12(2)15(10-11-18)17-16(19)9-8-14-6-4-13(3)5-7-14/h4-7,12,15,18H,8-11H2,1-3H3,(H,17,19). The number of rotatable bonds is 7. The first-order chi connectivity index (χ1) is 9.02. The van der Waals surface area contributed by atoms with Crippen molar-refractivity contribution in [2.45, 2.75) is 46.1 Å². The molecule has 0 saturated carbocycles. The van der Waals surface area contributed by atoms with E-state index in [1.165, 1.54) is 11.1 Å². The van der Waals surface area contributed by atoms with Crippen molar-refractivity contribution in [2.75, 3.05) is 6.61 Å². The lowest BCUT2D eigenvalue weighted by atomic mass is 10.0. The molecule has 3 nitrogen and oxygen atoms in total. The molecule has 1 rings (SSSR count). The molecule has 0 aromatic heterocycles. The van der Waals surface area contributed by atoms with Gasteiger partial charge in [0.1, 0.15) is 0 Å². The molecule has 0 spiro atoms. The van der Waals surface area contributed by atoms with Crippen molar-refractivity contribution in [3.05, 3.63) is 35.4 Å². The van der Waals surface area contributed by atoms with Gasteiger partial charge in [-0.3, -0.25) is 4.79 Å². The highest BCUT2D eigenvalue weighted by molar-refractivity contribution is 5.76. The summed E-state index contributed by atoms with van der Waals surface area (Å²) >= 11 is 0. The van der Waals surface area contributed by atoms with Crippen molar-refractivity contribution < 1.29 is 9.90 Å². The Balaban J connectivity index is 2.40. The molecule has 3 heteroatoms. The smallest absolute Gasteiger partial charge is 0.220 e. The molecular weight excluding hydrogens is 238 g/mol. The minimum atomic E-state index is 0.0627. The third kappa shape index (κ3) is 5.88. The molecule has 0 saturated heterocycles. The van der Waals surface area contributed by atoms with Crippen molar-refractivity contribution in [3.63, 3.8) is 0 Å². The summed E-state index contributed by atoms with van der Waals surface area (Å²) in [5.74, 6) is 0.406. The summed E-state index contributed by atoms with van der Waals surface area (Å²) in [7, 11) is 0. The van der Waals surface area contributed by atoms with Crippen LogP contribution in [0.2, 0.25) is 0 Å². The largest absolute Gasteiger partial charge is 0.396 e. The molecular formula is C16H25NO2. The van der Waals surface area contributed by atoms with Gasteiger partial charge in [-0.05, 0) is 31.2 Å². The van der Waals surface area contributed by atoms with Gasteiger partial charge in [-0.15, -0.1) is 0 Å². The highest BCUT2D eigenvalue weighted by Gasteiger charge is 2.15. The van der Waals surface area contributed by atoms with Crippen LogP contribution in [0.3, 0.4) is 0 Å². The number of aliphatic hydroxyl groups is 1. The maximum atomic E-state index is 11.9. The molecule has 0 aliphatic carbocycles. The lowest BCUT2D eigenvalue weighted by Crippen LogP contribution is -2.39. The Kier molecular flexibility index (Phi) is 6.57. The predicted molar refractivity (Wildman–Crippen MR) is 78.0 cm³/mol. The van der Waals surface area contributed by atoms with Gasteiger partial charge in [0.2, 0.25) is 5.91 Å². The van der Waals surface area contributed by atoms with E-state index in [0.717, 1.165) is 6.42 Å². The third-order valence-electron chi connectivity index (χ3n) is 3.35. The zero-order valence-electron chi connectivity index (χ0n) is 12.1. The normalized spacial score (nSPS) is 12.5. The predicted octanol–water partition coefficient (Wildman–Crippen LogP) is 2.45. The first-order valence-electron chi connectivity index (χ1n) is 6.98. The highest BCUT2D eigenvalue weighted by Crippen LogP contribution is 2.08. The van der Waals surface area contributed by atoms with E-state index in [-0.39, 0.29) is 18.6 Å². The average Bonchev–Trinajstić information content (AvgIpc) is 2.37. The van der Waals surface area contributed by atoms with Crippen LogP contribution in [-0.4, -0.2) is 23.7 Å². The van der Waals surface area contributed by atoms with Gasteiger partial charge in [0.05, 0.1) is 0 Å². The van der Waals surface area contributed by atoms with Crippen LogP contribution < -0.4 is 5.32 Å². The monoisotopic (exact) mass is 263 g/mol. The van der Waals surface area contributed by atoms with Gasteiger partial charge in [-0.1, -0.05) is 43.7 Å². The number of aryl methyl sites for hydroxylation is 2. The minimum absolute atomic E-state index is 0.0627. The molecule has 1 aromatic carbocycles. The highest BCUT2D eigenvalue weighted by atomic mass is 16.3. The van der Waals surface area contributed by atoms with Crippen molar-refractivity contribution in [3.8, 4) is 0 Å². The van der Waals surface area contributed by atoms with Crippen molar-refractivity contribution in [2.24, 2.45) is 5.92 Å². The van der Waals surface area contributed by atoms with Gasteiger partial charge in [0.15, 0.2) is 0 Å². The van der Waals surface area contributed by atoms with E-state index in [1.807, 2.05) is 0 Å². The first kappa shape index (κ1) is 15.7. The maximum absolute atomic E-state index is 11.9. The summed E-state index contributed by atoms with van der Waals surface area (Å²) in [5, 5.41) is 12.0. The lowest BCUT2D eigenvalue weighted by Gasteiger charge is -2.21. The molecule has 0 aliphatic heterocycles. The van der Waals surface area contributed by atoms with Crippen LogP contribution in [0.5, 0.6) is 0 Å². The Bertz CT molecular complexity index is 384. The van der Waals surface area contributed by atoms with E-state index in [0.29, 0.717) is 18.8 Å². The second-order valence-electron chi connectivity index (χ2n) is 5.42. The number of carbonyl (C=O) groups is 1. The van der Waals surface area contributed by atoms with Gasteiger partial charge in [-0.25, -0.2) is 0 Å². The molecule has 1 aromatic rings. The number of benzene rings is 1. The number of nitrogens with one attached hydrogen (secondary N) is 1. The number of hydrogen-bond donors (Lipinski definition) is 2. The van der Waals surface area contributed by atoms with E-state index in [4.69, 9.17) is 5.11 Å². The molecule has 1 amide bonds. The Labute approximate surface area is 116 Å². The van der Waals surface area contributed by atoms with Crippen molar-refractivity contribution in [1.82, 2.24) is 5.32 Å². The summed E-state index contributed by atoms with van der Waals surface area (Å²) in [6, 6.07) is 8.33.